The number of hydrogen-bond acceptors (Lipinski definition) is 1. The van der Waals surface area contributed by atoms with Gasteiger partial charge in [-0.3, -0.25) is 0 Å². The first kappa shape index (κ1) is 15.1. The summed E-state index contributed by atoms with van der Waals surface area (Å²) in [5.41, 5.74) is 4.13. The Morgan fingerprint density at radius 1 is 1.14 bits per heavy atom. The summed E-state index contributed by atoms with van der Waals surface area (Å²) in [6.45, 7) is 11.2. The summed E-state index contributed by atoms with van der Waals surface area (Å²) in [4.78, 5) is 0. The Bertz CT molecular complexity index is 549. The minimum Gasteiger partial charge on any atom is -0.386 e. The monoisotopic (exact) mass is 286 g/mol. The molecule has 0 aromatic heterocycles. The van der Waals surface area contributed by atoms with Crippen LogP contribution in [-0.2, 0) is 17.4 Å². The zero-order valence-corrected chi connectivity index (χ0v) is 14.3. The maximum Gasteiger partial charge on any atom is 0.0840 e. The average Bonchev–Trinajstić information content (AvgIpc) is 2.36. The van der Waals surface area contributed by atoms with E-state index in [0.717, 1.165) is 11.5 Å². The Hall–Kier alpha value is -0.820. The molecule has 0 amide bonds. The lowest BCUT2D eigenvalue weighted by Gasteiger charge is -2.54. The van der Waals surface area contributed by atoms with Gasteiger partial charge in [-0.2, -0.15) is 0 Å². The fraction of sp³-hybridized carbons (Fsp3) is 0.700. The number of aliphatic hydroxyl groups is 1. The van der Waals surface area contributed by atoms with Crippen LogP contribution in [0.5, 0.6) is 0 Å². The number of rotatable bonds is 1. The molecule has 0 saturated heterocycles. The van der Waals surface area contributed by atoms with Crippen LogP contribution >= 0.6 is 0 Å². The highest BCUT2D eigenvalue weighted by molar-refractivity contribution is 5.42. The van der Waals surface area contributed by atoms with Gasteiger partial charge in [0, 0.05) is 0 Å². The highest BCUT2D eigenvalue weighted by Gasteiger charge is 2.49. The molecule has 2 aliphatic rings. The summed E-state index contributed by atoms with van der Waals surface area (Å²) in [7, 11) is 0. The molecule has 0 aliphatic heterocycles. The minimum atomic E-state index is -0.737. The Morgan fingerprint density at radius 3 is 2.52 bits per heavy atom. The van der Waals surface area contributed by atoms with Crippen molar-refractivity contribution in [3.63, 3.8) is 0 Å². The molecule has 2 atom stereocenters. The van der Waals surface area contributed by atoms with Gasteiger partial charge in [-0.05, 0) is 73.0 Å². The lowest BCUT2D eigenvalue weighted by molar-refractivity contribution is 0.0402. The van der Waals surface area contributed by atoms with E-state index in [-0.39, 0.29) is 0 Å². The standard InChI is InChI=1S/C20H30O/c1-18(2)11-6-12-20(5)16-9-8-15(19(3,4)21)13-14(16)7-10-17(18)20/h8-9,13,17,21H,6-7,10-12H2,1-5H3. The zero-order chi connectivity index (χ0) is 15.5. The molecule has 1 N–H and O–H groups in total. The molecule has 2 aliphatic carbocycles. The van der Waals surface area contributed by atoms with E-state index in [1.807, 2.05) is 13.8 Å². The van der Waals surface area contributed by atoms with Crippen LogP contribution in [0.2, 0.25) is 0 Å². The second kappa shape index (κ2) is 4.59. The molecule has 1 nitrogen and oxygen atoms in total. The topological polar surface area (TPSA) is 20.2 Å². The van der Waals surface area contributed by atoms with Crippen molar-refractivity contribution in [2.75, 3.05) is 0 Å². The molecule has 1 aromatic rings. The third-order valence-electron chi connectivity index (χ3n) is 6.36. The molecule has 0 bridgehead atoms. The smallest absolute Gasteiger partial charge is 0.0840 e. The SMILES string of the molecule is CC(C)(O)c1ccc2c(c1)CCC1C(C)(C)CCCC21C. The van der Waals surface area contributed by atoms with Crippen molar-refractivity contribution in [3.8, 4) is 0 Å². The van der Waals surface area contributed by atoms with E-state index in [4.69, 9.17) is 0 Å². The largest absolute Gasteiger partial charge is 0.386 e. The Kier molecular flexibility index (Phi) is 3.30. The third-order valence-corrected chi connectivity index (χ3v) is 6.36. The number of aryl methyl sites for hydroxylation is 1. The van der Waals surface area contributed by atoms with Gasteiger partial charge in [0.15, 0.2) is 0 Å². The van der Waals surface area contributed by atoms with Gasteiger partial charge < -0.3 is 5.11 Å². The van der Waals surface area contributed by atoms with Gasteiger partial charge in [-0.25, -0.2) is 0 Å². The zero-order valence-electron chi connectivity index (χ0n) is 14.3. The van der Waals surface area contributed by atoms with Gasteiger partial charge in [0.2, 0.25) is 0 Å². The van der Waals surface area contributed by atoms with Gasteiger partial charge in [0.1, 0.15) is 0 Å². The summed E-state index contributed by atoms with van der Waals surface area (Å²) in [5.74, 6) is 0.791. The van der Waals surface area contributed by atoms with Crippen LogP contribution in [0.25, 0.3) is 0 Å². The van der Waals surface area contributed by atoms with Crippen LogP contribution in [0.4, 0.5) is 0 Å². The predicted molar refractivity (Wildman–Crippen MR) is 88.5 cm³/mol. The van der Waals surface area contributed by atoms with Crippen molar-refractivity contribution in [1.82, 2.24) is 0 Å². The number of fused-ring (bicyclic) bond motifs is 3. The van der Waals surface area contributed by atoms with Crippen molar-refractivity contribution in [2.45, 2.75) is 77.7 Å². The highest BCUT2D eigenvalue weighted by atomic mass is 16.3. The first-order valence-corrected chi connectivity index (χ1v) is 8.51. The maximum absolute atomic E-state index is 10.3. The molecule has 0 radical (unpaired) electrons. The average molecular weight is 286 g/mol. The Balaban J connectivity index is 2.07. The quantitative estimate of drug-likeness (QED) is 0.775. The van der Waals surface area contributed by atoms with Crippen molar-refractivity contribution in [3.05, 3.63) is 34.9 Å². The van der Waals surface area contributed by atoms with Crippen LogP contribution in [0, 0.1) is 11.3 Å². The van der Waals surface area contributed by atoms with Crippen molar-refractivity contribution in [2.24, 2.45) is 11.3 Å². The summed E-state index contributed by atoms with van der Waals surface area (Å²) in [5, 5.41) is 10.3. The summed E-state index contributed by atoms with van der Waals surface area (Å²) < 4.78 is 0. The maximum atomic E-state index is 10.3. The fourth-order valence-electron chi connectivity index (χ4n) is 5.19. The molecule has 3 rings (SSSR count). The van der Waals surface area contributed by atoms with Crippen molar-refractivity contribution >= 4 is 0 Å². The van der Waals surface area contributed by atoms with Gasteiger partial charge in [0.05, 0.1) is 5.60 Å². The normalized spacial score (nSPS) is 31.4. The van der Waals surface area contributed by atoms with Crippen molar-refractivity contribution in [1.29, 1.82) is 0 Å². The van der Waals surface area contributed by atoms with E-state index in [0.29, 0.717) is 10.8 Å². The molecule has 1 fully saturated rings. The molecule has 116 valence electrons. The lowest BCUT2D eigenvalue weighted by atomic mass is 9.50. The molecular formula is C20H30O. The van der Waals surface area contributed by atoms with Crippen molar-refractivity contribution < 1.29 is 5.11 Å². The molecule has 21 heavy (non-hydrogen) atoms. The molecule has 2 unspecified atom stereocenters. The summed E-state index contributed by atoms with van der Waals surface area (Å²) in [6, 6.07) is 6.72. The van der Waals surface area contributed by atoms with E-state index in [1.54, 1.807) is 5.56 Å². The first-order valence-electron chi connectivity index (χ1n) is 8.51. The Morgan fingerprint density at radius 2 is 1.86 bits per heavy atom. The van der Waals surface area contributed by atoms with E-state index in [1.165, 1.54) is 37.7 Å². The second-order valence-electron chi connectivity index (χ2n) is 8.78. The van der Waals surface area contributed by atoms with Crippen LogP contribution < -0.4 is 0 Å². The summed E-state index contributed by atoms with van der Waals surface area (Å²) >= 11 is 0. The van der Waals surface area contributed by atoms with E-state index >= 15 is 0 Å². The molecule has 1 aromatic carbocycles. The van der Waals surface area contributed by atoms with Crippen LogP contribution in [-0.4, -0.2) is 5.11 Å². The van der Waals surface area contributed by atoms with E-state index in [2.05, 4.69) is 39.0 Å². The molecular weight excluding hydrogens is 256 g/mol. The predicted octanol–water partition coefficient (Wildman–Crippen LogP) is 4.94. The van der Waals surface area contributed by atoms with E-state index < -0.39 is 5.60 Å². The summed E-state index contributed by atoms with van der Waals surface area (Å²) in [6.07, 6.45) is 6.49. The fourth-order valence-corrected chi connectivity index (χ4v) is 5.19. The van der Waals surface area contributed by atoms with Crippen LogP contribution in [0.1, 0.15) is 77.0 Å². The lowest BCUT2D eigenvalue weighted by Crippen LogP contribution is -2.47. The number of hydrogen-bond donors (Lipinski definition) is 1. The first-order chi connectivity index (χ1) is 9.64. The Labute approximate surface area is 129 Å². The molecule has 0 spiro atoms. The van der Waals surface area contributed by atoms with Crippen LogP contribution in [0.15, 0.2) is 18.2 Å². The van der Waals surface area contributed by atoms with Gasteiger partial charge >= 0.3 is 0 Å². The minimum absolute atomic E-state index is 0.327. The van der Waals surface area contributed by atoms with Gasteiger partial charge in [-0.15, -0.1) is 0 Å². The molecule has 1 heteroatoms. The van der Waals surface area contributed by atoms with Gasteiger partial charge in [0.25, 0.3) is 0 Å². The van der Waals surface area contributed by atoms with E-state index in [9.17, 15) is 5.11 Å². The second-order valence-corrected chi connectivity index (χ2v) is 8.78. The van der Waals surface area contributed by atoms with Gasteiger partial charge in [-0.1, -0.05) is 45.4 Å². The number of benzene rings is 1. The third kappa shape index (κ3) is 2.34. The highest BCUT2D eigenvalue weighted by Crippen LogP contribution is 2.57. The van der Waals surface area contributed by atoms with Crippen LogP contribution in [0.3, 0.4) is 0 Å². The molecule has 0 heterocycles. The molecule has 1 saturated carbocycles.